The predicted molar refractivity (Wildman–Crippen MR) is 61.9 cm³/mol. The van der Waals surface area contributed by atoms with E-state index in [4.69, 9.17) is 0 Å². The molecule has 18 heavy (non-hydrogen) atoms. The molecule has 0 N–H and O–H groups in total. The lowest BCUT2D eigenvalue weighted by atomic mass is 9.97. The van der Waals surface area contributed by atoms with Gasteiger partial charge in [-0.15, -0.1) is 10.3 Å². The Morgan fingerprint density at radius 3 is 2.22 bits per heavy atom. The lowest BCUT2D eigenvalue weighted by molar-refractivity contribution is -0.239. The van der Waals surface area contributed by atoms with Gasteiger partial charge in [0.1, 0.15) is 0 Å². The second-order valence-electron chi connectivity index (χ2n) is 5.14. The third kappa shape index (κ3) is 2.54. The van der Waals surface area contributed by atoms with Gasteiger partial charge in [-0.25, -0.2) is 9.59 Å². The first kappa shape index (κ1) is 14.7. The summed E-state index contributed by atoms with van der Waals surface area (Å²) in [6.45, 7) is 8.31. The second kappa shape index (κ2) is 4.70. The molecule has 0 bridgehead atoms. The summed E-state index contributed by atoms with van der Waals surface area (Å²) in [6.07, 6.45) is 0.461. The maximum Gasteiger partial charge on any atom is 0.516 e. The minimum Gasteiger partial charge on any atom is -0.434 e. The Morgan fingerprint density at radius 2 is 1.83 bits per heavy atom. The molecule has 0 atom stereocenters. The van der Waals surface area contributed by atoms with Crippen molar-refractivity contribution in [1.29, 1.82) is 0 Å². The molecule has 0 aliphatic carbocycles. The zero-order chi connectivity index (χ0) is 14.1. The summed E-state index contributed by atoms with van der Waals surface area (Å²) in [5.41, 5.74) is -1.69. The summed E-state index contributed by atoms with van der Waals surface area (Å²) in [4.78, 5) is 22.9. The largest absolute Gasteiger partial charge is 0.516 e. The SMILES string of the molecule is CCOC(=O)OC(=O)C1=CC(C)(C)N([O])C1(C)C. The molecule has 101 valence electrons. The van der Waals surface area contributed by atoms with Gasteiger partial charge < -0.3 is 9.47 Å². The average Bonchev–Trinajstić information content (AvgIpc) is 2.39. The molecule has 1 rings (SSSR count). The Morgan fingerprint density at radius 1 is 1.28 bits per heavy atom. The molecule has 1 radical (unpaired) electrons. The zero-order valence-corrected chi connectivity index (χ0v) is 11.3. The van der Waals surface area contributed by atoms with Crippen molar-refractivity contribution in [3.63, 3.8) is 0 Å². The highest BCUT2D eigenvalue weighted by molar-refractivity contribution is 5.97. The number of rotatable bonds is 2. The standard InChI is InChI=1S/C12H18NO5/c1-6-17-10(15)18-9(14)8-7-11(2,3)13(16)12(8,4)5/h7H,6H2,1-5H3. The van der Waals surface area contributed by atoms with E-state index in [9.17, 15) is 14.8 Å². The Bertz CT molecular complexity index is 397. The fourth-order valence-corrected chi connectivity index (χ4v) is 2.00. The molecule has 0 aromatic carbocycles. The lowest BCUT2D eigenvalue weighted by Crippen LogP contribution is -2.47. The van der Waals surface area contributed by atoms with E-state index in [2.05, 4.69) is 9.47 Å². The summed E-state index contributed by atoms with van der Waals surface area (Å²) in [5, 5.41) is 12.8. The molecule has 0 saturated carbocycles. The van der Waals surface area contributed by atoms with Crippen LogP contribution in [0.15, 0.2) is 11.6 Å². The molecule has 1 aliphatic rings. The van der Waals surface area contributed by atoms with Gasteiger partial charge >= 0.3 is 12.1 Å². The first-order valence-corrected chi connectivity index (χ1v) is 5.72. The number of carbonyl (C=O) groups excluding carboxylic acids is 2. The molecule has 0 aromatic heterocycles. The number of carbonyl (C=O) groups is 2. The smallest absolute Gasteiger partial charge is 0.434 e. The molecule has 0 amide bonds. The van der Waals surface area contributed by atoms with Crippen molar-refractivity contribution in [1.82, 2.24) is 5.06 Å². The molecule has 1 heterocycles. The summed E-state index contributed by atoms with van der Waals surface area (Å²) < 4.78 is 9.04. The molecule has 0 saturated heterocycles. The molecule has 6 heteroatoms. The summed E-state index contributed by atoms with van der Waals surface area (Å²) >= 11 is 0. The molecule has 0 spiro atoms. The maximum absolute atomic E-state index is 12.0. The third-order valence-electron chi connectivity index (χ3n) is 2.85. The van der Waals surface area contributed by atoms with Crippen LogP contribution < -0.4 is 0 Å². The number of esters is 1. The quantitative estimate of drug-likeness (QED) is 0.556. The van der Waals surface area contributed by atoms with E-state index < -0.39 is 23.2 Å². The third-order valence-corrected chi connectivity index (χ3v) is 2.85. The molecule has 0 fully saturated rings. The minimum atomic E-state index is -1.05. The van der Waals surface area contributed by atoms with Gasteiger partial charge in [0.25, 0.3) is 0 Å². The Hall–Kier alpha value is -1.40. The molecular weight excluding hydrogens is 238 g/mol. The van der Waals surface area contributed by atoms with Gasteiger partial charge in [-0.3, -0.25) is 0 Å². The highest BCUT2D eigenvalue weighted by Crippen LogP contribution is 2.39. The van der Waals surface area contributed by atoms with E-state index in [0.717, 1.165) is 5.06 Å². The number of hydrogen-bond acceptors (Lipinski definition) is 5. The van der Waals surface area contributed by atoms with Gasteiger partial charge in [-0.2, -0.15) is 0 Å². The highest BCUT2D eigenvalue weighted by atomic mass is 16.7. The van der Waals surface area contributed by atoms with Crippen LogP contribution in [0.2, 0.25) is 0 Å². The average molecular weight is 256 g/mol. The van der Waals surface area contributed by atoms with Crippen LogP contribution in [0.5, 0.6) is 0 Å². The van der Waals surface area contributed by atoms with Gasteiger partial charge in [-0.1, -0.05) is 0 Å². The molecule has 6 nitrogen and oxygen atoms in total. The van der Waals surface area contributed by atoms with E-state index in [1.807, 2.05) is 0 Å². The Balaban J connectivity index is 2.89. The zero-order valence-electron chi connectivity index (χ0n) is 11.3. The van der Waals surface area contributed by atoms with Crippen LogP contribution in [-0.2, 0) is 19.5 Å². The highest BCUT2D eigenvalue weighted by Gasteiger charge is 2.49. The van der Waals surface area contributed by atoms with Crippen molar-refractivity contribution in [3.8, 4) is 0 Å². The lowest BCUT2D eigenvalue weighted by Gasteiger charge is -2.33. The first-order valence-electron chi connectivity index (χ1n) is 5.72. The van der Waals surface area contributed by atoms with Gasteiger partial charge in [-0.05, 0) is 40.7 Å². The fourth-order valence-electron chi connectivity index (χ4n) is 2.00. The van der Waals surface area contributed by atoms with Crippen LogP contribution in [0.25, 0.3) is 0 Å². The topological polar surface area (TPSA) is 75.7 Å². The molecule has 0 unspecified atom stereocenters. The van der Waals surface area contributed by atoms with E-state index in [1.165, 1.54) is 6.08 Å². The minimum absolute atomic E-state index is 0.119. The Labute approximate surface area is 106 Å². The molecule has 0 aromatic rings. The second-order valence-corrected chi connectivity index (χ2v) is 5.14. The van der Waals surface area contributed by atoms with Gasteiger partial charge in [0.2, 0.25) is 0 Å². The van der Waals surface area contributed by atoms with Crippen molar-refractivity contribution in [2.75, 3.05) is 6.61 Å². The van der Waals surface area contributed by atoms with Crippen LogP contribution in [0.4, 0.5) is 4.79 Å². The first-order chi connectivity index (χ1) is 8.13. The van der Waals surface area contributed by atoms with E-state index in [0.29, 0.717) is 0 Å². The van der Waals surface area contributed by atoms with Crippen LogP contribution in [-0.4, -0.2) is 34.9 Å². The van der Waals surface area contributed by atoms with Crippen molar-refractivity contribution < 1.29 is 24.3 Å². The van der Waals surface area contributed by atoms with Crippen molar-refractivity contribution >= 4 is 12.1 Å². The van der Waals surface area contributed by atoms with E-state index in [1.54, 1.807) is 34.6 Å². The number of hydrogen-bond donors (Lipinski definition) is 0. The van der Waals surface area contributed by atoms with Gasteiger partial charge in [0, 0.05) is 0 Å². The summed E-state index contributed by atoms with van der Waals surface area (Å²) in [5.74, 6) is -0.843. The summed E-state index contributed by atoms with van der Waals surface area (Å²) in [6, 6.07) is 0. The van der Waals surface area contributed by atoms with Crippen LogP contribution in [0, 0.1) is 0 Å². The Kier molecular flexibility index (Phi) is 3.83. The number of nitrogens with zero attached hydrogens (tertiary/aromatic N) is 1. The maximum atomic E-state index is 12.0. The van der Waals surface area contributed by atoms with Gasteiger partial charge in [0.15, 0.2) is 0 Å². The number of hydroxylamine groups is 2. The van der Waals surface area contributed by atoms with Crippen molar-refractivity contribution in [2.45, 2.75) is 45.7 Å². The van der Waals surface area contributed by atoms with Crippen molar-refractivity contribution in [3.05, 3.63) is 11.6 Å². The molecular formula is C12H18NO5. The molecule has 1 aliphatic heterocycles. The normalized spacial score (nSPS) is 21.3. The van der Waals surface area contributed by atoms with Crippen LogP contribution in [0.1, 0.15) is 34.6 Å². The predicted octanol–water partition coefficient (Wildman–Crippen LogP) is 1.83. The monoisotopic (exact) mass is 256 g/mol. The van der Waals surface area contributed by atoms with E-state index in [-0.39, 0.29) is 12.2 Å². The number of ether oxygens (including phenoxy) is 2. The van der Waals surface area contributed by atoms with Crippen molar-refractivity contribution in [2.24, 2.45) is 0 Å². The van der Waals surface area contributed by atoms with Crippen LogP contribution >= 0.6 is 0 Å². The summed E-state index contributed by atoms with van der Waals surface area (Å²) in [7, 11) is 0. The fraction of sp³-hybridized carbons (Fsp3) is 0.667. The van der Waals surface area contributed by atoms with E-state index >= 15 is 0 Å². The van der Waals surface area contributed by atoms with Crippen LogP contribution in [0.3, 0.4) is 0 Å². The van der Waals surface area contributed by atoms with Gasteiger partial charge in [0.05, 0.1) is 23.3 Å².